The van der Waals surface area contributed by atoms with Crippen LogP contribution in [0.25, 0.3) is 0 Å². The van der Waals surface area contributed by atoms with Gasteiger partial charge < -0.3 is 15.1 Å². The van der Waals surface area contributed by atoms with Crippen LogP contribution in [0.3, 0.4) is 0 Å². The molecular formula is C13H16N2O5. The molecule has 0 aromatic heterocycles. The Morgan fingerprint density at radius 2 is 2.25 bits per heavy atom. The molecule has 1 aromatic rings. The van der Waals surface area contributed by atoms with Crippen LogP contribution in [-0.4, -0.2) is 40.3 Å². The van der Waals surface area contributed by atoms with Crippen LogP contribution in [0.2, 0.25) is 0 Å². The Morgan fingerprint density at radius 3 is 2.75 bits per heavy atom. The number of nitrogens with zero attached hydrogens (tertiary/aromatic N) is 2. The van der Waals surface area contributed by atoms with Gasteiger partial charge in [0.25, 0.3) is 5.69 Å². The second kappa shape index (κ2) is 5.46. The van der Waals surface area contributed by atoms with Crippen molar-refractivity contribution in [3.63, 3.8) is 0 Å². The lowest BCUT2D eigenvalue weighted by Gasteiger charge is -2.21. The Kier molecular flexibility index (Phi) is 3.89. The number of carbonyl (C=O) groups is 1. The molecule has 2 N–H and O–H groups in total. The number of aromatic carboxylic acids is 1. The standard InChI is InChI=1S/C13H16N2O5/c1-8(16)9-4-5-14(7-9)12-3-2-10(15(19)20)6-11(12)13(17)18/h2-3,6,8-9,16H,4-5,7H2,1H3,(H,17,18). The first kappa shape index (κ1) is 14.3. The number of carboxylic acid groups (broad SMARTS) is 1. The van der Waals surface area contributed by atoms with Crippen molar-refractivity contribution in [3.8, 4) is 0 Å². The molecule has 0 spiro atoms. The largest absolute Gasteiger partial charge is 0.478 e. The van der Waals surface area contributed by atoms with E-state index in [9.17, 15) is 25.1 Å². The highest BCUT2D eigenvalue weighted by molar-refractivity contribution is 5.95. The van der Waals surface area contributed by atoms with E-state index in [1.165, 1.54) is 12.1 Å². The molecule has 7 heteroatoms. The first-order valence-electron chi connectivity index (χ1n) is 6.35. The summed E-state index contributed by atoms with van der Waals surface area (Å²) in [7, 11) is 0. The number of nitro groups is 1. The van der Waals surface area contributed by atoms with E-state index in [0.717, 1.165) is 12.5 Å². The molecule has 2 rings (SSSR count). The van der Waals surface area contributed by atoms with E-state index in [2.05, 4.69) is 0 Å². The molecule has 0 amide bonds. The van der Waals surface area contributed by atoms with E-state index in [1.54, 1.807) is 6.92 Å². The average molecular weight is 280 g/mol. The van der Waals surface area contributed by atoms with Crippen molar-refractivity contribution in [1.29, 1.82) is 0 Å². The second-order valence-electron chi connectivity index (χ2n) is 5.00. The Bertz CT molecular complexity index is 544. The predicted octanol–water partition coefficient (Wildman–Crippen LogP) is 1.50. The van der Waals surface area contributed by atoms with E-state index in [-0.39, 0.29) is 17.2 Å². The maximum absolute atomic E-state index is 11.3. The van der Waals surface area contributed by atoms with Gasteiger partial charge in [0.05, 0.1) is 22.3 Å². The fourth-order valence-corrected chi connectivity index (χ4v) is 2.48. The summed E-state index contributed by atoms with van der Waals surface area (Å²) in [6, 6.07) is 3.84. The number of anilines is 1. The minimum atomic E-state index is -1.19. The van der Waals surface area contributed by atoms with Crippen molar-refractivity contribution in [1.82, 2.24) is 0 Å². The van der Waals surface area contributed by atoms with Gasteiger partial charge in [0, 0.05) is 31.1 Å². The molecule has 1 fully saturated rings. The average Bonchev–Trinajstić information content (AvgIpc) is 2.87. The summed E-state index contributed by atoms with van der Waals surface area (Å²) >= 11 is 0. The van der Waals surface area contributed by atoms with Gasteiger partial charge in [-0.2, -0.15) is 0 Å². The van der Waals surface area contributed by atoms with Crippen molar-refractivity contribution >= 4 is 17.3 Å². The molecule has 0 bridgehead atoms. The number of rotatable bonds is 4. The summed E-state index contributed by atoms with van der Waals surface area (Å²) in [6.07, 6.45) is 0.319. The van der Waals surface area contributed by atoms with Crippen LogP contribution in [0, 0.1) is 16.0 Å². The highest BCUT2D eigenvalue weighted by Gasteiger charge is 2.29. The van der Waals surface area contributed by atoms with Crippen LogP contribution < -0.4 is 4.90 Å². The molecule has 1 saturated heterocycles. The summed E-state index contributed by atoms with van der Waals surface area (Å²) in [5.41, 5.74) is 0.147. The Hall–Kier alpha value is -2.15. The van der Waals surface area contributed by atoms with Gasteiger partial charge in [-0.3, -0.25) is 10.1 Å². The fraction of sp³-hybridized carbons (Fsp3) is 0.462. The molecule has 1 aromatic carbocycles. The predicted molar refractivity (Wildman–Crippen MR) is 72.1 cm³/mol. The minimum Gasteiger partial charge on any atom is -0.478 e. The number of non-ortho nitro benzene ring substituents is 1. The van der Waals surface area contributed by atoms with Crippen molar-refractivity contribution in [2.75, 3.05) is 18.0 Å². The van der Waals surface area contributed by atoms with Gasteiger partial charge in [0.2, 0.25) is 0 Å². The summed E-state index contributed by atoms with van der Waals surface area (Å²) in [4.78, 5) is 23.2. The molecule has 2 atom stereocenters. The van der Waals surface area contributed by atoms with Gasteiger partial charge in [-0.1, -0.05) is 0 Å². The van der Waals surface area contributed by atoms with Crippen LogP contribution in [0.1, 0.15) is 23.7 Å². The van der Waals surface area contributed by atoms with Gasteiger partial charge in [-0.15, -0.1) is 0 Å². The number of nitro benzene ring substituents is 1. The van der Waals surface area contributed by atoms with Crippen molar-refractivity contribution < 1.29 is 19.9 Å². The van der Waals surface area contributed by atoms with E-state index < -0.39 is 17.0 Å². The minimum absolute atomic E-state index is 0.0783. The number of benzene rings is 1. The molecule has 1 aliphatic heterocycles. The molecule has 2 unspecified atom stereocenters. The lowest BCUT2D eigenvalue weighted by atomic mass is 10.0. The smallest absolute Gasteiger partial charge is 0.338 e. The molecule has 0 radical (unpaired) electrons. The van der Waals surface area contributed by atoms with Crippen LogP contribution in [-0.2, 0) is 0 Å². The maximum atomic E-state index is 11.3. The van der Waals surface area contributed by atoms with Crippen LogP contribution >= 0.6 is 0 Å². The number of carboxylic acids is 1. The Balaban J connectivity index is 2.32. The first-order valence-corrected chi connectivity index (χ1v) is 6.35. The second-order valence-corrected chi connectivity index (χ2v) is 5.00. The highest BCUT2D eigenvalue weighted by atomic mass is 16.6. The molecule has 1 aliphatic rings. The Morgan fingerprint density at radius 1 is 1.55 bits per heavy atom. The quantitative estimate of drug-likeness (QED) is 0.639. The highest BCUT2D eigenvalue weighted by Crippen LogP contribution is 2.31. The zero-order chi connectivity index (χ0) is 14.9. The van der Waals surface area contributed by atoms with Crippen LogP contribution in [0.5, 0.6) is 0 Å². The zero-order valence-electron chi connectivity index (χ0n) is 11.0. The summed E-state index contributed by atoms with van der Waals surface area (Å²) in [5, 5.41) is 29.5. The van der Waals surface area contributed by atoms with Gasteiger partial charge in [-0.25, -0.2) is 4.79 Å². The topological polar surface area (TPSA) is 104 Å². The van der Waals surface area contributed by atoms with Gasteiger partial charge in [-0.05, 0) is 19.4 Å². The van der Waals surface area contributed by atoms with Crippen molar-refractivity contribution in [2.45, 2.75) is 19.4 Å². The fourth-order valence-electron chi connectivity index (χ4n) is 2.48. The zero-order valence-corrected chi connectivity index (χ0v) is 11.0. The SMILES string of the molecule is CC(O)C1CCN(c2ccc([N+](=O)[O-])cc2C(=O)O)C1. The molecule has 0 saturated carbocycles. The number of hydrogen-bond acceptors (Lipinski definition) is 5. The van der Waals surface area contributed by atoms with Crippen molar-refractivity contribution in [3.05, 3.63) is 33.9 Å². The number of hydrogen-bond donors (Lipinski definition) is 2. The maximum Gasteiger partial charge on any atom is 0.338 e. The first-order chi connectivity index (χ1) is 9.40. The van der Waals surface area contributed by atoms with E-state index in [0.29, 0.717) is 18.8 Å². The molecular weight excluding hydrogens is 264 g/mol. The van der Waals surface area contributed by atoms with Crippen molar-refractivity contribution in [2.24, 2.45) is 5.92 Å². The molecule has 1 heterocycles. The van der Waals surface area contributed by atoms with Crippen LogP contribution in [0.15, 0.2) is 18.2 Å². The van der Waals surface area contributed by atoms with Gasteiger partial charge in [0.15, 0.2) is 0 Å². The third kappa shape index (κ3) is 2.72. The lowest BCUT2D eigenvalue weighted by molar-refractivity contribution is -0.384. The van der Waals surface area contributed by atoms with E-state index in [4.69, 9.17) is 0 Å². The Labute approximate surface area is 115 Å². The molecule has 0 aliphatic carbocycles. The van der Waals surface area contributed by atoms with E-state index in [1.807, 2.05) is 4.90 Å². The monoisotopic (exact) mass is 280 g/mol. The summed E-state index contributed by atoms with van der Waals surface area (Å²) in [6.45, 7) is 2.89. The molecule has 7 nitrogen and oxygen atoms in total. The molecule has 108 valence electrons. The third-order valence-corrected chi connectivity index (χ3v) is 3.67. The number of aliphatic hydroxyl groups is 1. The summed E-state index contributed by atoms with van der Waals surface area (Å²) < 4.78 is 0. The van der Waals surface area contributed by atoms with Gasteiger partial charge in [0.1, 0.15) is 0 Å². The normalized spacial score (nSPS) is 19.9. The molecule has 20 heavy (non-hydrogen) atoms. The third-order valence-electron chi connectivity index (χ3n) is 3.67. The van der Waals surface area contributed by atoms with Crippen LogP contribution in [0.4, 0.5) is 11.4 Å². The lowest BCUT2D eigenvalue weighted by Crippen LogP contribution is -2.25. The van der Waals surface area contributed by atoms with E-state index >= 15 is 0 Å². The summed E-state index contributed by atoms with van der Waals surface area (Å²) in [5.74, 6) is -1.10. The number of aliphatic hydroxyl groups excluding tert-OH is 1. The van der Waals surface area contributed by atoms with Gasteiger partial charge >= 0.3 is 5.97 Å².